The lowest BCUT2D eigenvalue weighted by molar-refractivity contribution is -0.142. The highest BCUT2D eigenvalue weighted by molar-refractivity contribution is 5.81. The van der Waals surface area contributed by atoms with Crippen LogP contribution >= 0.6 is 0 Å². The van der Waals surface area contributed by atoms with E-state index < -0.39 is 11.9 Å². The Bertz CT molecular complexity index is 514. The van der Waals surface area contributed by atoms with Crippen LogP contribution in [0.2, 0.25) is 0 Å². The first kappa shape index (κ1) is 18.0. The number of carboxylic acid groups (broad SMARTS) is 1. The van der Waals surface area contributed by atoms with Crippen molar-refractivity contribution in [3.05, 3.63) is 0 Å². The number of amides is 3. The Kier molecular flexibility index (Phi) is 5.81. The minimum absolute atomic E-state index is 0.0483. The Balaban J connectivity index is 1.47. The first-order valence-electron chi connectivity index (χ1n) is 9.59. The Hall–Kier alpha value is -1.79. The van der Waals surface area contributed by atoms with Crippen molar-refractivity contribution in [3.63, 3.8) is 0 Å². The van der Waals surface area contributed by atoms with Gasteiger partial charge in [0.15, 0.2) is 0 Å². The number of likely N-dealkylation sites (tertiary alicyclic amines) is 2. The van der Waals surface area contributed by atoms with Gasteiger partial charge in [-0.05, 0) is 38.0 Å². The van der Waals surface area contributed by atoms with Crippen LogP contribution in [0.15, 0.2) is 0 Å². The van der Waals surface area contributed by atoms with Crippen molar-refractivity contribution in [2.75, 3.05) is 32.7 Å². The minimum atomic E-state index is -0.832. The van der Waals surface area contributed by atoms with Gasteiger partial charge in [-0.1, -0.05) is 12.8 Å². The summed E-state index contributed by atoms with van der Waals surface area (Å²) in [5, 5.41) is 12.1. The molecule has 2 saturated heterocycles. The molecule has 0 bridgehead atoms. The van der Waals surface area contributed by atoms with Crippen molar-refractivity contribution in [2.24, 2.45) is 17.8 Å². The van der Waals surface area contributed by atoms with E-state index in [1.807, 2.05) is 4.90 Å². The smallest absolute Gasteiger partial charge is 0.320 e. The molecule has 3 amide bonds. The highest BCUT2D eigenvalue weighted by Crippen LogP contribution is 2.35. The van der Waals surface area contributed by atoms with E-state index in [0.717, 1.165) is 51.6 Å². The van der Waals surface area contributed by atoms with E-state index in [0.29, 0.717) is 25.4 Å². The Morgan fingerprint density at radius 3 is 2.32 bits per heavy atom. The van der Waals surface area contributed by atoms with Gasteiger partial charge in [0.1, 0.15) is 0 Å². The SMILES string of the molecule is O=C(O)C(CNC(=O)C1CCCN(C(=O)N2CCCC2)C1)CC1CC1. The molecule has 0 radical (unpaired) electrons. The lowest BCUT2D eigenvalue weighted by atomic mass is 9.96. The van der Waals surface area contributed by atoms with Crippen molar-refractivity contribution in [2.45, 2.75) is 44.9 Å². The summed E-state index contributed by atoms with van der Waals surface area (Å²) >= 11 is 0. The van der Waals surface area contributed by atoms with E-state index in [1.165, 1.54) is 0 Å². The van der Waals surface area contributed by atoms with Crippen LogP contribution in [0.25, 0.3) is 0 Å². The topological polar surface area (TPSA) is 90.0 Å². The maximum absolute atomic E-state index is 12.5. The first-order valence-corrected chi connectivity index (χ1v) is 9.59. The zero-order chi connectivity index (χ0) is 17.8. The standard InChI is InChI=1S/C18H29N3O4/c22-16(19-11-15(17(23)24)10-13-5-6-13)14-4-3-9-21(12-14)18(25)20-7-1-2-8-20/h13-15H,1-12H2,(H,19,22)(H,23,24). The molecule has 2 unspecified atom stereocenters. The van der Waals surface area contributed by atoms with Gasteiger partial charge in [0.05, 0.1) is 11.8 Å². The lowest BCUT2D eigenvalue weighted by Gasteiger charge is -2.34. The molecule has 25 heavy (non-hydrogen) atoms. The van der Waals surface area contributed by atoms with Crippen LogP contribution in [0.4, 0.5) is 4.79 Å². The van der Waals surface area contributed by atoms with E-state index in [9.17, 15) is 19.5 Å². The number of nitrogens with zero attached hydrogens (tertiary/aromatic N) is 2. The number of carbonyl (C=O) groups is 3. The van der Waals surface area contributed by atoms with Crippen molar-refractivity contribution >= 4 is 17.9 Å². The van der Waals surface area contributed by atoms with Crippen LogP contribution in [0.1, 0.15) is 44.9 Å². The maximum atomic E-state index is 12.5. The fourth-order valence-electron chi connectivity index (χ4n) is 3.87. The summed E-state index contributed by atoms with van der Waals surface area (Å²) in [6.45, 7) is 2.97. The molecule has 1 saturated carbocycles. The van der Waals surface area contributed by atoms with Gasteiger partial charge in [-0.25, -0.2) is 4.79 Å². The van der Waals surface area contributed by atoms with Gasteiger partial charge in [-0.3, -0.25) is 9.59 Å². The third-order valence-corrected chi connectivity index (χ3v) is 5.63. The average molecular weight is 351 g/mol. The number of piperidine rings is 1. The molecular weight excluding hydrogens is 322 g/mol. The number of carbonyl (C=O) groups excluding carboxylic acids is 2. The molecule has 0 aromatic carbocycles. The van der Waals surface area contributed by atoms with Crippen LogP contribution in [0.5, 0.6) is 0 Å². The fraction of sp³-hybridized carbons (Fsp3) is 0.833. The van der Waals surface area contributed by atoms with E-state index in [-0.39, 0.29) is 24.4 Å². The monoisotopic (exact) mass is 351 g/mol. The molecule has 0 spiro atoms. The van der Waals surface area contributed by atoms with Crippen LogP contribution < -0.4 is 5.32 Å². The number of hydrogen-bond donors (Lipinski definition) is 2. The summed E-state index contributed by atoms with van der Waals surface area (Å²) in [4.78, 5) is 39.9. The molecule has 2 atom stereocenters. The Morgan fingerprint density at radius 1 is 1.00 bits per heavy atom. The fourth-order valence-corrected chi connectivity index (χ4v) is 3.87. The molecule has 2 heterocycles. The molecule has 140 valence electrons. The molecule has 2 aliphatic heterocycles. The van der Waals surface area contributed by atoms with Gasteiger partial charge in [-0.2, -0.15) is 0 Å². The second-order valence-corrected chi connectivity index (χ2v) is 7.72. The summed E-state index contributed by atoms with van der Waals surface area (Å²) in [6.07, 6.45) is 6.56. The average Bonchev–Trinajstić information content (AvgIpc) is 3.27. The third-order valence-electron chi connectivity index (χ3n) is 5.63. The molecule has 3 fully saturated rings. The molecule has 7 heteroatoms. The molecule has 3 aliphatic rings. The Morgan fingerprint density at radius 2 is 1.68 bits per heavy atom. The van der Waals surface area contributed by atoms with Crippen molar-refractivity contribution < 1.29 is 19.5 Å². The zero-order valence-corrected chi connectivity index (χ0v) is 14.8. The third kappa shape index (κ3) is 4.86. The van der Waals surface area contributed by atoms with E-state index in [1.54, 1.807) is 4.90 Å². The normalized spacial score (nSPS) is 24.9. The molecule has 0 aromatic rings. The zero-order valence-electron chi connectivity index (χ0n) is 14.8. The molecule has 3 rings (SSSR count). The lowest BCUT2D eigenvalue weighted by Crippen LogP contribution is -2.50. The number of aliphatic carboxylic acids is 1. The summed E-state index contributed by atoms with van der Waals surface area (Å²) in [6, 6.07) is 0.0483. The highest BCUT2D eigenvalue weighted by atomic mass is 16.4. The Labute approximate surface area is 148 Å². The summed E-state index contributed by atoms with van der Waals surface area (Å²) in [5.74, 6) is -1.15. The van der Waals surface area contributed by atoms with E-state index in [4.69, 9.17) is 0 Å². The molecule has 7 nitrogen and oxygen atoms in total. The van der Waals surface area contributed by atoms with Gasteiger partial charge in [0.25, 0.3) is 0 Å². The maximum Gasteiger partial charge on any atom is 0.320 e. The molecule has 2 N–H and O–H groups in total. The van der Waals surface area contributed by atoms with Gasteiger partial charge >= 0.3 is 12.0 Å². The quantitative estimate of drug-likeness (QED) is 0.759. The van der Waals surface area contributed by atoms with E-state index in [2.05, 4.69) is 5.32 Å². The van der Waals surface area contributed by atoms with Crippen LogP contribution in [-0.2, 0) is 9.59 Å². The summed E-state index contributed by atoms with van der Waals surface area (Å²) < 4.78 is 0. The minimum Gasteiger partial charge on any atom is -0.481 e. The predicted octanol–water partition coefficient (Wildman–Crippen LogP) is 1.53. The number of urea groups is 1. The second kappa shape index (κ2) is 8.06. The predicted molar refractivity (Wildman–Crippen MR) is 92.0 cm³/mol. The van der Waals surface area contributed by atoms with Gasteiger partial charge in [-0.15, -0.1) is 0 Å². The largest absolute Gasteiger partial charge is 0.481 e. The number of carboxylic acids is 1. The number of rotatable bonds is 6. The first-order chi connectivity index (χ1) is 12.0. The number of hydrogen-bond acceptors (Lipinski definition) is 3. The molecule has 1 aliphatic carbocycles. The van der Waals surface area contributed by atoms with Gasteiger partial charge in [0, 0.05) is 32.7 Å². The summed E-state index contributed by atoms with van der Waals surface area (Å²) in [5.41, 5.74) is 0. The second-order valence-electron chi connectivity index (χ2n) is 7.72. The van der Waals surface area contributed by atoms with Crippen molar-refractivity contribution in [1.29, 1.82) is 0 Å². The van der Waals surface area contributed by atoms with Crippen molar-refractivity contribution in [1.82, 2.24) is 15.1 Å². The van der Waals surface area contributed by atoms with Crippen molar-refractivity contribution in [3.8, 4) is 0 Å². The van der Waals surface area contributed by atoms with Crippen LogP contribution in [-0.4, -0.2) is 65.5 Å². The van der Waals surface area contributed by atoms with Crippen LogP contribution in [0.3, 0.4) is 0 Å². The van der Waals surface area contributed by atoms with Gasteiger partial charge < -0.3 is 20.2 Å². The van der Waals surface area contributed by atoms with Crippen LogP contribution in [0, 0.1) is 17.8 Å². The number of nitrogens with one attached hydrogen (secondary N) is 1. The van der Waals surface area contributed by atoms with E-state index >= 15 is 0 Å². The highest BCUT2D eigenvalue weighted by Gasteiger charge is 2.33. The summed E-state index contributed by atoms with van der Waals surface area (Å²) in [7, 11) is 0. The molecule has 0 aromatic heterocycles. The molecular formula is C18H29N3O4. The van der Waals surface area contributed by atoms with Gasteiger partial charge in [0.2, 0.25) is 5.91 Å².